The number of aliphatic imine (C=N–C) groups is 1. The van der Waals surface area contributed by atoms with Crippen molar-refractivity contribution in [1.82, 2.24) is 5.32 Å². The maximum absolute atomic E-state index is 6.05. The molecular formula is C21H28N4O2. The topological polar surface area (TPSA) is 72.1 Å². The summed E-state index contributed by atoms with van der Waals surface area (Å²) in [6.45, 7) is 4.48. The highest BCUT2D eigenvalue weighted by atomic mass is 16.5. The van der Waals surface area contributed by atoms with E-state index in [-0.39, 0.29) is 0 Å². The molecule has 27 heavy (non-hydrogen) atoms. The molecule has 144 valence electrons. The van der Waals surface area contributed by atoms with Gasteiger partial charge < -0.3 is 25.4 Å². The highest BCUT2D eigenvalue weighted by Crippen LogP contribution is 2.29. The maximum Gasteiger partial charge on any atom is 0.188 e. The summed E-state index contributed by atoms with van der Waals surface area (Å²) in [7, 11) is 3.25. The summed E-state index contributed by atoms with van der Waals surface area (Å²) in [5, 5.41) is 3.24. The minimum absolute atomic E-state index is 0.337. The van der Waals surface area contributed by atoms with E-state index in [1.54, 1.807) is 14.2 Å². The minimum Gasteiger partial charge on any atom is -0.493 e. The zero-order valence-electron chi connectivity index (χ0n) is 16.2. The quantitative estimate of drug-likeness (QED) is 0.580. The molecule has 0 amide bonds. The highest BCUT2D eigenvalue weighted by molar-refractivity contribution is 5.78. The van der Waals surface area contributed by atoms with Crippen molar-refractivity contribution in [1.29, 1.82) is 0 Å². The molecule has 0 saturated heterocycles. The number of rotatable bonds is 7. The Morgan fingerprint density at radius 2 is 1.96 bits per heavy atom. The Morgan fingerprint density at radius 1 is 1.19 bits per heavy atom. The molecule has 1 atom stereocenters. The van der Waals surface area contributed by atoms with Crippen LogP contribution in [0.1, 0.15) is 18.1 Å². The zero-order valence-corrected chi connectivity index (χ0v) is 16.2. The van der Waals surface area contributed by atoms with Crippen LogP contribution in [0.4, 0.5) is 5.69 Å². The Morgan fingerprint density at radius 3 is 2.74 bits per heavy atom. The molecule has 3 N–H and O–H groups in total. The fourth-order valence-electron chi connectivity index (χ4n) is 3.40. The van der Waals surface area contributed by atoms with Gasteiger partial charge in [0.25, 0.3) is 0 Å². The molecule has 0 saturated carbocycles. The standard InChI is InChI=1S/C21H28N4O2/c1-15(25-11-10-17-6-4-5-7-18(17)25)13-23-21(22)24-14-16-8-9-19(26-2)20(12-16)27-3/h4-9,12,15H,10-11,13-14H2,1-3H3,(H3,22,23,24). The lowest BCUT2D eigenvalue weighted by atomic mass is 10.2. The first-order valence-electron chi connectivity index (χ1n) is 9.21. The van der Waals surface area contributed by atoms with Gasteiger partial charge in [0.05, 0.1) is 20.8 Å². The van der Waals surface area contributed by atoms with Crippen LogP contribution in [0.15, 0.2) is 47.5 Å². The van der Waals surface area contributed by atoms with Gasteiger partial charge in [0.1, 0.15) is 0 Å². The average molecular weight is 368 g/mol. The second-order valence-electron chi connectivity index (χ2n) is 6.69. The van der Waals surface area contributed by atoms with Gasteiger partial charge in [-0.3, -0.25) is 0 Å². The molecule has 1 unspecified atom stereocenters. The Bertz CT molecular complexity index is 807. The van der Waals surface area contributed by atoms with Gasteiger partial charge in [-0.1, -0.05) is 24.3 Å². The number of hydrogen-bond donors (Lipinski definition) is 2. The predicted molar refractivity (Wildman–Crippen MR) is 110 cm³/mol. The van der Waals surface area contributed by atoms with Crippen LogP contribution in [0, 0.1) is 0 Å². The zero-order chi connectivity index (χ0) is 19.2. The van der Waals surface area contributed by atoms with Crippen LogP contribution in [0.2, 0.25) is 0 Å². The van der Waals surface area contributed by atoms with Gasteiger partial charge >= 0.3 is 0 Å². The van der Waals surface area contributed by atoms with E-state index < -0.39 is 0 Å². The van der Waals surface area contributed by atoms with Crippen LogP contribution in [-0.4, -0.2) is 39.3 Å². The number of guanidine groups is 1. The van der Waals surface area contributed by atoms with Crippen LogP contribution in [0.25, 0.3) is 0 Å². The molecule has 1 heterocycles. The summed E-state index contributed by atoms with van der Waals surface area (Å²) in [5.74, 6) is 1.85. The summed E-state index contributed by atoms with van der Waals surface area (Å²) in [6, 6.07) is 14.7. The molecule has 6 nitrogen and oxygen atoms in total. The van der Waals surface area contributed by atoms with E-state index in [1.165, 1.54) is 11.3 Å². The number of nitrogens with two attached hydrogens (primary N) is 1. The second kappa shape index (κ2) is 8.66. The monoisotopic (exact) mass is 368 g/mol. The van der Waals surface area contributed by atoms with Crippen molar-refractivity contribution >= 4 is 11.6 Å². The van der Waals surface area contributed by atoms with Gasteiger partial charge in [-0.15, -0.1) is 0 Å². The summed E-state index contributed by atoms with van der Waals surface area (Å²) in [6.07, 6.45) is 1.10. The van der Waals surface area contributed by atoms with E-state index in [9.17, 15) is 0 Å². The fraction of sp³-hybridized carbons (Fsp3) is 0.381. The lowest BCUT2D eigenvalue weighted by Gasteiger charge is -2.27. The minimum atomic E-state index is 0.337. The highest BCUT2D eigenvalue weighted by Gasteiger charge is 2.22. The molecule has 2 aromatic rings. The van der Waals surface area contributed by atoms with Crippen molar-refractivity contribution in [3.8, 4) is 11.5 Å². The molecule has 0 bridgehead atoms. The number of para-hydroxylation sites is 1. The van der Waals surface area contributed by atoms with Gasteiger partial charge in [-0.05, 0) is 42.7 Å². The van der Waals surface area contributed by atoms with E-state index in [1.807, 2.05) is 18.2 Å². The number of benzene rings is 2. The van der Waals surface area contributed by atoms with Crippen molar-refractivity contribution in [3.05, 3.63) is 53.6 Å². The fourth-order valence-corrected chi connectivity index (χ4v) is 3.40. The van der Waals surface area contributed by atoms with Crippen molar-refractivity contribution in [2.45, 2.75) is 25.9 Å². The molecule has 0 aliphatic carbocycles. The van der Waals surface area contributed by atoms with E-state index in [2.05, 4.69) is 46.4 Å². The molecule has 1 aliphatic heterocycles. The predicted octanol–water partition coefficient (Wildman–Crippen LogP) is 2.56. The van der Waals surface area contributed by atoms with Gasteiger partial charge in [0.15, 0.2) is 17.5 Å². The second-order valence-corrected chi connectivity index (χ2v) is 6.69. The lowest BCUT2D eigenvalue weighted by Crippen LogP contribution is -2.43. The van der Waals surface area contributed by atoms with Crippen molar-refractivity contribution < 1.29 is 9.47 Å². The first-order chi connectivity index (χ1) is 13.1. The number of methoxy groups -OCH3 is 2. The van der Waals surface area contributed by atoms with Gasteiger partial charge in [0, 0.05) is 24.8 Å². The molecule has 2 aromatic carbocycles. The molecule has 6 heteroatoms. The number of fused-ring (bicyclic) bond motifs is 1. The van der Waals surface area contributed by atoms with Crippen LogP contribution in [0.3, 0.4) is 0 Å². The number of ether oxygens (including phenoxy) is 2. The van der Waals surface area contributed by atoms with Crippen LogP contribution in [-0.2, 0) is 13.0 Å². The largest absolute Gasteiger partial charge is 0.493 e. The van der Waals surface area contributed by atoms with Gasteiger partial charge in [0.2, 0.25) is 0 Å². The smallest absolute Gasteiger partial charge is 0.188 e. The Labute approximate surface area is 161 Å². The van der Waals surface area contributed by atoms with Crippen molar-refractivity contribution in [2.75, 3.05) is 32.2 Å². The average Bonchev–Trinajstić information content (AvgIpc) is 3.14. The third kappa shape index (κ3) is 4.45. The first-order valence-corrected chi connectivity index (χ1v) is 9.21. The summed E-state index contributed by atoms with van der Waals surface area (Å²) >= 11 is 0. The Kier molecular flexibility index (Phi) is 6.06. The summed E-state index contributed by atoms with van der Waals surface area (Å²) in [5.41, 5.74) is 9.81. The molecule has 0 fully saturated rings. The third-order valence-electron chi connectivity index (χ3n) is 4.91. The molecule has 0 spiro atoms. The van der Waals surface area contributed by atoms with Crippen LogP contribution < -0.4 is 25.4 Å². The van der Waals surface area contributed by atoms with E-state index in [4.69, 9.17) is 15.2 Å². The molecule has 0 radical (unpaired) electrons. The molecule has 1 aliphatic rings. The normalized spacial score (nSPS) is 14.6. The first kappa shape index (κ1) is 18.9. The van der Waals surface area contributed by atoms with Crippen molar-refractivity contribution in [2.24, 2.45) is 10.7 Å². The Balaban J connectivity index is 1.54. The number of nitrogens with zero attached hydrogens (tertiary/aromatic N) is 2. The number of nitrogens with one attached hydrogen (secondary N) is 1. The van der Waals surface area contributed by atoms with Crippen LogP contribution >= 0.6 is 0 Å². The van der Waals surface area contributed by atoms with E-state index in [0.29, 0.717) is 30.0 Å². The molecule has 3 rings (SSSR count). The van der Waals surface area contributed by atoms with Crippen LogP contribution in [0.5, 0.6) is 11.5 Å². The van der Waals surface area contributed by atoms with E-state index in [0.717, 1.165) is 25.1 Å². The number of anilines is 1. The van der Waals surface area contributed by atoms with Gasteiger partial charge in [-0.2, -0.15) is 0 Å². The molecule has 0 aromatic heterocycles. The summed E-state index contributed by atoms with van der Waals surface area (Å²) < 4.78 is 10.6. The maximum atomic E-state index is 6.05. The van der Waals surface area contributed by atoms with E-state index >= 15 is 0 Å². The third-order valence-corrected chi connectivity index (χ3v) is 4.91. The van der Waals surface area contributed by atoms with Gasteiger partial charge in [-0.25, -0.2) is 4.99 Å². The lowest BCUT2D eigenvalue weighted by molar-refractivity contribution is 0.354. The molecular weight excluding hydrogens is 340 g/mol. The number of hydrogen-bond acceptors (Lipinski definition) is 4. The Hall–Kier alpha value is -2.89. The summed E-state index contributed by atoms with van der Waals surface area (Å²) in [4.78, 5) is 6.86. The SMILES string of the molecule is COc1ccc(CN=C(N)NCC(C)N2CCc3ccccc32)cc1OC. The van der Waals surface area contributed by atoms with Crippen molar-refractivity contribution in [3.63, 3.8) is 0 Å².